The maximum Gasteiger partial charge on any atom is 0.169 e. The summed E-state index contributed by atoms with van der Waals surface area (Å²) in [6.45, 7) is 5.75. The van der Waals surface area contributed by atoms with Gasteiger partial charge in [0.2, 0.25) is 0 Å². The van der Waals surface area contributed by atoms with E-state index in [-0.39, 0.29) is 5.75 Å². The van der Waals surface area contributed by atoms with E-state index in [1.165, 1.54) is 43.2 Å². The summed E-state index contributed by atoms with van der Waals surface area (Å²) in [7, 11) is 0. The Morgan fingerprint density at radius 3 is 2.57 bits per heavy atom. The SMILES string of the molecule is Cc1ccc(SC(=Nc2ccccc2N[O-])N(Cc2cccc(O)c2)CC2CCCCC2)c(C)c1. The average molecular weight is 489 g/mol. The van der Waals surface area contributed by atoms with Gasteiger partial charge in [-0.05, 0) is 74.1 Å². The van der Waals surface area contributed by atoms with E-state index in [0.29, 0.717) is 23.8 Å². The third kappa shape index (κ3) is 7.03. The normalized spacial score (nSPS) is 14.7. The summed E-state index contributed by atoms with van der Waals surface area (Å²) in [6.07, 6.45) is 6.28. The first-order valence-electron chi connectivity index (χ1n) is 12.4. The standard InChI is InChI=1S/C29H34N3O2S/c1-21-15-16-28(22(2)17-21)35-29(30-26-13-6-7-14-27(26)31-34)32(19-23-9-4-3-5-10-23)20-24-11-8-12-25(33)18-24/h6-8,11-18,23,31,33H,3-5,9-10,19-20H2,1-2H3/q-1. The second-order valence-electron chi connectivity index (χ2n) is 9.44. The van der Waals surface area contributed by atoms with Gasteiger partial charge in [0, 0.05) is 23.7 Å². The van der Waals surface area contributed by atoms with Gasteiger partial charge in [-0.15, -0.1) is 0 Å². The number of thioether (sulfide) groups is 1. The lowest BCUT2D eigenvalue weighted by molar-refractivity contribution is 0.272. The zero-order chi connectivity index (χ0) is 24.6. The molecule has 1 fully saturated rings. The predicted octanol–water partition coefficient (Wildman–Crippen LogP) is 7.78. The van der Waals surface area contributed by atoms with E-state index in [0.717, 1.165) is 22.2 Å². The first-order chi connectivity index (χ1) is 17.0. The molecular weight excluding hydrogens is 454 g/mol. The lowest BCUT2D eigenvalue weighted by Crippen LogP contribution is -2.34. The second-order valence-corrected chi connectivity index (χ2v) is 10.4. The number of amidine groups is 1. The van der Waals surface area contributed by atoms with E-state index >= 15 is 0 Å². The van der Waals surface area contributed by atoms with Gasteiger partial charge in [0.25, 0.3) is 0 Å². The van der Waals surface area contributed by atoms with Crippen molar-refractivity contribution < 1.29 is 5.11 Å². The highest BCUT2D eigenvalue weighted by Gasteiger charge is 2.22. The van der Waals surface area contributed by atoms with Gasteiger partial charge < -0.3 is 20.7 Å². The van der Waals surface area contributed by atoms with Gasteiger partial charge >= 0.3 is 0 Å². The topological polar surface area (TPSA) is 70.9 Å². The molecule has 0 saturated heterocycles. The van der Waals surface area contributed by atoms with E-state index in [9.17, 15) is 10.3 Å². The number of nitrogens with zero attached hydrogens (tertiary/aromatic N) is 2. The van der Waals surface area contributed by atoms with Crippen molar-refractivity contribution in [3.05, 3.63) is 88.6 Å². The number of aromatic hydroxyl groups is 1. The fourth-order valence-corrected chi connectivity index (χ4v) is 5.66. The lowest BCUT2D eigenvalue weighted by atomic mass is 9.89. The van der Waals surface area contributed by atoms with Crippen molar-refractivity contribution in [3.8, 4) is 5.75 Å². The number of anilines is 1. The van der Waals surface area contributed by atoms with Crippen LogP contribution in [0.5, 0.6) is 5.75 Å². The quantitative estimate of drug-likeness (QED) is 0.154. The van der Waals surface area contributed by atoms with Crippen molar-refractivity contribution in [3.63, 3.8) is 0 Å². The maximum absolute atomic E-state index is 11.6. The molecule has 1 aliphatic rings. The first-order valence-corrected chi connectivity index (χ1v) is 13.2. The Balaban J connectivity index is 1.75. The number of phenolic OH excluding ortho intramolecular Hbond substituents is 1. The van der Waals surface area contributed by atoms with Gasteiger partial charge in [-0.25, -0.2) is 4.99 Å². The molecule has 5 nitrogen and oxygen atoms in total. The molecule has 35 heavy (non-hydrogen) atoms. The van der Waals surface area contributed by atoms with Crippen molar-refractivity contribution >= 4 is 28.3 Å². The van der Waals surface area contributed by atoms with Crippen molar-refractivity contribution in [1.82, 2.24) is 4.90 Å². The summed E-state index contributed by atoms with van der Waals surface area (Å²) in [5, 5.41) is 22.6. The maximum atomic E-state index is 11.6. The minimum Gasteiger partial charge on any atom is -0.761 e. The zero-order valence-electron chi connectivity index (χ0n) is 20.5. The Hall–Kier alpha value is -2.96. The van der Waals surface area contributed by atoms with Crippen LogP contribution in [0.2, 0.25) is 0 Å². The van der Waals surface area contributed by atoms with Crippen molar-refractivity contribution in [2.75, 3.05) is 12.0 Å². The average Bonchev–Trinajstić information content (AvgIpc) is 2.86. The Bertz CT molecular complexity index is 1160. The van der Waals surface area contributed by atoms with Crippen LogP contribution in [0.1, 0.15) is 48.8 Å². The minimum absolute atomic E-state index is 0.265. The monoisotopic (exact) mass is 488 g/mol. The molecule has 0 atom stereocenters. The Labute approximate surface area is 212 Å². The van der Waals surface area contributed by atoms with Gasteiger partial charge in [0.15, 0.2) is 5.17 Å². The smallest absolute Gasteiger partial charge is 0.169 e. The number of aryl methyl sites for hydroxylation is 2. The van der Waals surface area contributed by atoms with Crippen LogP contribution >= 0.6 is 11.8 Å². The number of nitrogens with one attached hydrogen (secondary N) is 1. The van der Waals surface area contributed by atoms with Gasteiger partial charge in [-0.3, -0.25) is 0 Å². The van der Waals surface area contributed by atoms with Crippen LogP contribution in [-0.2, 0) is 6.54 Å². The summed E-state index contributed by atoms with van der Waals surface area (Å²) in [5.74, 6) is 0.861. The summed E-state index contributed by atoms with van der Waals surface area (Å²) in [5.41, 5.74) is 6.59. The number of hydrogen-bond donors (Lipinski definition) is 2. The molecule has 1 saturated carbocycles. The molecule has 0 aliphatic heterocycles. The molecule has 0 amide bonds. The van der Waals surface area contributed by atoms with Crippen LogP contribution < -0.4 is 5.48 Å². The summed E-state index contributed by atoms with van der Waals surface area (Å²) >= 11 is 1.64. The highest BCUT2D eigenvalue weighted by molar-refractivity contribution is 8.13. The number of hydrogen-bond acceptors (Lipinski definition) is 5. The van der Waals surface area contributed by atoms with E-state index in [1.54, 1.807) is 23.9 Å². The second kappa shape index (κ2) is 12.1. The molecule has 0 bridgehead atoms. The summed E-state index contributed by atoms with van der Waals surface area (Å²) in [4.78, 5) is 8.53. The van der Waals surface area contributed by atoms with Crippen molar-refractivity contribution in [2.24, 2.45) is 10.9 Å². The van der Waals surface area contributed by atoms with Crippen molar-refractivity contribution in [2.45, 2.75) is 57.4 Å². The Morgan fingerprint density at radius 2 is 1.83 bits per heavy atom. The Kier molecular flexibility index (Phi) is 8.72. The summed E-state index contributed by atoms with van der Waals surface area (Å²) < 4.78 is 0. The molecule has 1 aliphatic carbocycles. The van der Waals surface area contributed by atoms with E-state index < -0.39 is 0 Å². The molecule has 0 aromatic heterocycles. The molecule has 6 heteroatoms. The number of para-hydroxylation sites is 2. The highest BCUT2D eigenvalue weighted by Crippen LogP contribution is 2.33. The molecule has 3 aromatic rings. The van der Waals surface area contributed by atoms with Gasteiger partial charge in [0.1, 0.15) is 5.75 Å². The number of rotatable bonds is 7. The molecule has 0 radical (unpaired) electrons. The molecule has 0 spiro atoms. The molecular formula is C29H34N3O2S-. The van der Waals surface area contributed by atoms with Crippen LogP contribution in [0, 0.1) is 25.0 Å². The lowest BCUT2D eigenvalue weighted by Gasteiger charge is -2.32. The third-order valence-corrected chi connectivity index (χ3v) is 7.73. The molecule has 4 rings (SSSR count). The van der Waals surface area contributed by atoms with E-state index in [1.807, 2.05) is 41.9 Å². The fourth-order valence-electron chi connectivity index (χ4n) is 4.70. The van der Waals surface area contributed by atoms with Crippen molar-refractivity contribution in [1.29, 1.82) is 0 Å². The highest BCUT2D eigenvalue weighted by atomic mass is 32.2. The van der Waals surface area contributed by atoms with Crippen LogP contribution in [0.25, 0.3) is 0 Å². The van der Waals surface area contributed by atoms with Crippen LogP contribution in [0.15, 0.2) is 76.6 Å². The Morgan fingerprint density at radius 1 is 1.03 bits per heavy atom. The number of phenols is 1. The molecule has 3 aromatic carbocycles. The summed E-state index contributed by atoms with van der Waals surface area (Å²) in [6, 6.07) is 21.3. The third-order valence-electron chi connectivity index (χ3n) is 6.52. The van der Waals surface area contributed by atoms with Crippen LogP contribution in [0.3, 0.4) is 0 Å². The van der Waals surface area contributed by atoms with Crippen LogP contribution in [-0.4, -0.2) is 21.7 Å². The fraction of sp³-hybridized carbons (Fsp3) is 0.345. The molecule has 0 unspecified atom stereocenters. The van der Waals surface area contributed by atoms with E-state index in [4.69, 9.17) is 4.99 Å². The number of benzene rings is 3. The van der Waals surface area contributed by atoms with Crippen LogP contribution in [0.4, 0.5) is 11.4 Å². The van der Waals surface area contributed by atoms with Gasteiger partial charge in [-0.2, -0.15) is 0 Å². The van der Waals surface area contributed by atoms with Gasteiger partial charge in [-0.1, -0.05) is 73.0 Å². The first kappa shape index (κ1) is 25.1. The molecule has 184 valence electrons. The minimum atomic E-state index is 0.265. The predicted molar refractivity (Wildman–Crippen MR) is 147 cm³/mol. The largest absolute Gasteiger partial charge is 0.761 e. The zero-order valence-corrected chi connectivity index (χ0v) is 21.4. The molecule has 0 heterocycles. The van der Waals surface area contributed by atoms with E-state index in [2.05, 4.69) is 36.9 Å². The molecule has 2 N–H and O–H groups in total. The number of aliphatic imine (C=N–C) groups is 1. The van der Waals surface area contributed by atoms with Gasteiger partial charge in [0.05, 0.1) is 5.69 Å².